The molecule has 0 saturated heterocycles. The normalized spacial score (nSPS) is 11.9. The van der Waals surface area contributed by atoms with Crippen molar-refractivity contribution in [3.05, 3.63) is 57.9 Å². The van der Waals surface area contributed by atoms with Crippen molar-refractivity contribution in [3.63, 3.8) is 0 Å². The molecule has 2 heterocycles. The van der Waals surface area contributed by atoms with Crippen LogP contribution >= 0.6 is 0 Å². The average molecular weight is 475 g/mol. The van der Waals surface area contributed by atoms with E-state index in [4.69, 9.17) is 4.98 Å². The van der Waals surface area contributed by atoms with E-state index in [-0.39, 0.29) is 5.56 Å². The smallest absolute Gasteiger partial charge is 0.272 e. The van der Waals surface area contributed by atoms with Gasteiger partial charge in [0.1, 0.15) is 0 Å². The summed E-state index contributed by atoms with van der Waals surface area (Å²) < 4.78 is 1.71. The Morgan fingerprint density at radius 1 is 0.886 bits per heavy atom. The highest BCUT2D eigenvalue weighted by atomic mass is 16.1. The summed E-state index contributed by atoms with van der Waals surface area (Å²) in [5.74, 6) is 0. The second kappa shape index (κ2) is 10.6. The van der Waals surface area contributed by atoms with Gasteiger partial charge in [0, 0.05) is 34.8 Å². The lowest BCUT2D eigenvalue weighted by molar-refractivity contribution is 0.403. The second-order valence-electron chi connectivity index (χ2n) is 10.0. The van der Waals surface area contributed by atoms with Crippen LogP contribution in [0.3, 0.4) is 0 Å². The first-order valence-corrected chi connectivity index (χ1v) is 12.4. The van der Waals surface area contributed by atoms with Gasteiger partial charge < -0.3 is 20.5 Å². The zero-order valence-electron chi connectivity index (χ0n) is 21.9. The molecule has 186 valence electrons. The lowest BCUT2D eigenvalue weighted by Crippen LogP contribution is -2.32. The first kappa shape index (κ1) is 24.9. The molecule has 7 heteroatoms. The molecule has 0 aliphatic rings. The van der Waals surface area contributed by atoms with Crippen molar-refractivity contribution < 1.29 is 0 Å². The minimum atomic E-state index is -0.0267. The van der Waals surface area contributed by atoms with Crippen molar-refractivity contribution in [2.75, 3.05) is 65.1 Å². The molecule has 7 nitrogen and oxygen atoms in total. The molecule has 4 rings (SSSR count). The van der Waals surface area contributed by atoms with Gasteiger partial charge in [-0.15, -0.1) is 0 Å². The highest BCUT2D eigenvalue weighted by molar-refractivity contribution is 6.15. The maximum Gasteiger partial charge on any atom is 0.272 e. The van der Waals surface area contributed by atoms with E-state index in [2.05, 4.69) is 86.0 Å². The maximum atomic E-state index is 13.3. The van der Waals surface area contributed by atoms with Crippen molar-refractivity contribution in [1.82, 2.24) is 19.5 Å². The first-order valence-electron chi connectivity index (χ1n) is 12.4. The lowest BCUT2D eigenvalue weighted by Gasteiger charge is -2.19. The van der Waals surface area contributed by atoms with E-state index in [1.165, 1.54) is 5.56 Å². The Labute approximate surface area is 207 Å². The Hall–Kier alpha value is -3.16. The van der Waals surface area contributed by atoms with Crippen LogP contribution in [0.2, 0.25) is 0 Å². The van der Waals surface area contributed by atoms with Gasteiger partial charge in [0.05, 0.1) is 22.2 Å². The van der Waals surface area contributed by atoms with Gasteiger partial charge >= 0.3 is 0 Å². The van der Waals surface area contributed by atoms with Gasteiger partial charge in [-0.05, 0) is 92.2 Å². The third-order valence-corrected chi connectivity index (χ3v) is 6.38. The number of aryl methyl sites for hydroxylation is 2. The van der Waals surface area contributed by atoms with Crippen LogP contribution in [0.5, 0.6) is 0 Å². The van der Waals surface area contributed by atoms with E-state index in [9.17, 15) is 4.79 Å². The van der Waals surface area contributed by atoms with Gasteiger partial charge in [-0.1, -0.05) is 17.7 Å². The molecule has 0 unspecified atom stereocenters. The first-order chi connectivity index (χ1) is 16.8. The van der Waals surface area contributed by atoms with Crippen molar-refractivity contribution in [1.29, 1.82) is 0 Å². The highest BCUT2D eigenvalue weighted by Crippen LogP contribution is 2.35. The number of fused-ring (bicyclic) bond motifs is 4. The third kappa shape index (κ3) is 5.41. The third-order valence-electron chi connectivity index (χ3n) is 6.38. The molecule has 0 saturated carbocycles. The molecule has 2 aromatic carbocycles. The van der Waals surface area contributed by atoms with Crippen molar-refractivity contribution >= 4 is 38.4 Å². The topological polar surface area (TPSA) is 65.4 Å². The number of rotatable bonds is 10. The minimum absolute atomic E-state index is 0.0267. The molecule has 0 aliphatic heterocycles. The van der Waals surface area contributed by atoms with Gasteiger partial charge in [-0.3, -0.25) is 4.79 Å². The molecule has 0 radical (unpaired) electrons. The summed E-state index contributed by atoms with van der Waals surface area (Å²) in [7, 11) is 8.32. The predicted octanol–water partition coefficient (Wildman–Crippen LogP) is 4.18. The molecule has 4 aromatic rings. The minimum Gasteiger partial charge on any atom is -0.384 e. The number of nitrogens with one attached hydrogen (secondary N) is 2. The maximum absolute atomic E-state index is 13.3. The predicted molar refractivity (Wildman–Crippen MR) is 150 cm³/mol. The molecule has 2 N–H and O–H groups in total. The van der Waals surface area contributed by atoms with E-state index < -0.39 is 0 Å². The monoisotopic (exact) mass is 474 g/mol. The van der Waals surface area contributed by atoms with E-state index in [0.29, 0.717) is 6.54 Å². The van der Waals surface area contributed by atoms with E-state index in [1.54, 1.807) is 4.68 Å². The Morgan fingerprint density at radius 2 is 1.60 bits per heavy atom. The quantitative estimate of drug-likeness (QED) is 0.204. The van der Waals surface area contributed by atoms with E-state index in [0.717, 1.165) is 76.4 Å². The molecule has 0 spiro atoms. The van der Waals surface area contributed by atoms with Gasteiger partial charge in [0.2, 0.25) is 0 Å². The number of hydrogen-bond donors (Lipinski definition) is 2. The van der Waals surface area contributed by atoms with Crippen LogP contribution in [-0.4, -0.2) is 73.8 Å². The van der Waals surface area contributed by atoms with Crippen LogP contribution in [0.1, 0.15) is 24.0 Å². The summed E-state index contributed by atoms with van der Waals surface area (Å²) in [4.78, 5) is 22.7. The summed E-state index contributed by atoms with van der Waals surface area (Å²) in [6.45, 7) is 7.52. The van der Waals surface area contributed by atoms with Crippen molar-refractivity contribution in [2.45, 2.75) is 26.7 Å². The number of benzene rings is 2. The summed E-state index contributed by atoms with van der Waals surface area (Å²) in [5, 5.41) is 6.86. The number of aromatic nitrogens is 2. The second-order valence-corrected chi connectivity index (χ2v) is 10.0. The number of anilines is 1. The van der Waals surface area contributed by atoms with E-state index in [1.807, 2.05) is 13.0 Å². The van der Waals surface area contributed by atoms with Crippen LogP contribution in [0.15, 0.2) is 41.2 Å². The van der Waals surface area contributed by atoms with Gasteiger partial charge in [0.25, 0.3) is 5.56 Å². The zero-order valence-corrected chi connectivity index (χ0v) is 21.9. The highest BCUT2D eigenvalue weighted by Gasteiger charge is 2.16. The summed E-state index contributed by atoms with van der Waals surface area (Å²) >= 11 is 0. The van der Waals surface area contributed by atoms with Crippen molar-refractivity contribution in [3.8, 4) is 0 Å². The summed E-state index contributed by atoms with van der Waals surface area (Å²) in [6.07, 6.45) is 1.98. The number of hydrogen-bond acceptors (Lipinski definition) is 6. The average Bonchev–Trinajstić information content (AvgIpc) is 2.80. The molecular weight excluding hydrogens is 436 g/mol. The Kier molecular flexibility index (Phi) is 7.57. The molecular formula is C28H38N6O. The summed E-state index contributed by atoms with van der Waals surface area (Å²) in [5.41, 5.74) is 8.98. The van der Waals surface area contributed by atoms with E-state index >= 15 is 0 Å². The van der Waals surface area contributed by atoms with Crippen LogP contribution < -0.4 is 16.3 Å². The molecule has 0 aliphatic carbocycles. The molecule has 2 aromatic heterocycles. The molecule has 0 bridgehead atoms. The van der Waals surface area contributed by atoms with Crippen LogP contribution in [-0.2, 0) is 0 Å². The van der Waals surface area contributed by atoms with Gasteiger partial charge in [-0.2, -0.15) is 0 Å². The van der Waals surface area contributed by atoms with Crippen LogP contribution in [0.25, 0.3) is 32.7 Å². The molecule has 0 fully saturated rings. The Morgan fingerprint density at radius 3 is 2.31 bits per heavy atom. The Bertz CT molecular complexity index is 1410. The number of pyridine rings is 2. The fourth-order valence-electron chi connectivity index (χ4n) is 4.58. The standard InChI is InChI=1S/C28H38N6O/c1-19-9-12-24-23(17-19)25(29-13-7-15-32(3)4)22-11-10-21-18-20(2)28(35)34(27(21)26(22)31-24)30-14-8-16-33(5)6/h9-12,17-18,30H,7-8,13-16H2,1-6H3,(H,29,31). The number of nitrogens with zero attached hydrogens (tertiary/aromatic N) is 4. The van der Waals surface area contributed by atoms with Crippen molar-refractivity contribution in [2.24, 2.45) is 0 Å². The zero-order chi connectivity index (χ0) is 25.1. The Balaban J connectivity index is 1.90. The molecule has 0 amide bonds. The largest absolute Gasteiger partial charge is 0.384 e. The lowest BCUT2D eigenvalue weighted by atomic mass is 10.0. The van der Waals surface area contributed by atoms with Crippen LogP contribution in [0, 0.1) is 13.8 Å². The van der Waals surface area contributed by atoms with Gasteiger partial charge in [-0.25, -0.2) is 9.66 Å². The molecule has 35 heavy (non-hydrogen) atoms. The van der Waals surface area contributed by atoms with Crippen LogP contribution in [0.4, 0.5) is 5.69 Å². The fraction of sp³-hybridized carbons (Fsp3) is 0.429. The summed E-state index contributed by atoms with van der Waals surface area (Å²) in [6, 6.07) is 12.6. The van der Waals surface area contributed by atoms with Gasteiger partial charge in [0.15, 0.2) is 0 Å². The SMILES string of the molecule is Cc1ccc2nc3c(ccc4cc(C)c(=O)n(NCCCN(C)C)c43)c(NCCCN(C)C)c2c1. The molecule has 0 atom stereocenters. The fourth-order valence-corrected chi connectivity index (χ4v) is 4.58.